The van der Waals surface area contributed by atoms with E-state index in [1.54, 1.807) is 12.1 Å². The molecule has 5 aromatic rings. The number of benzene rings is 2. The lowest BCUT2D eigenvalue weighted by molar-refractivity contribution is -0.116. The third kappa shape index (κ3) is 4.21. The van der Waals surface area contributed by atoms with Crippen LogP contribution < -0.4 is 21.3 Å². The number of carbonyl (C=O) groups excluding carboxylic acids is 1. The molecule has 12 heteroatoms. The molecule has 0 atom stereocenters. The molecule has 0 aliphatic heterocycles. The van der Waals surface area contributed by atoms with Crippen LogP contribution in [0.4, 0.5) is 5.95 Å². The monoisotopic (exact) mass is 515 g/mol. The van der Waals surface area contributed by atoms with Gasteiger partial charge in [0.2, 0.25) is 11.9 Å². The zero-order chi connectivity index (χ0) is 27.0. The number of imidazole rings is 2. The maximum atomic E-state index is 13.0. The van der Waals surface area contributed by atoms with Gasteiger partial charge in [-0.1, -0.05) is 30.3 Å². The van der Waals surface area contributed by atoms with Gasteiger partial charge < -0.3 is 14.5 Å². The number of nitrogens with one attached hydrogen (secondary N) is 1. The van der Waals surface area contributed by atoms with Crippen LogP contribution in [0, 0.1) is 0 Å². The van der Waals surface area contributed by atoms with Crippen molar-refractivity contribution in [2.45, 2.75) is 13.5 Å². The van der Waals surface area contributed by atoms with Gasteiger partial charge in [0.1, 0.15) is 23.7 Å². The van der Waals surface area contributed by atoms with Crippen molar-refractivity contribution < 1.29 is 14.7 Å². The molecule has 2 aromatic carbocycles. The highest BCUT2D eigenvalue weighted by atomic mass is 16.5. The zero-order valence-corrected chi connectivity index (χ0v) is 21.0. The molecule has 0 aliphatic carbocycles. The Labute approximate surface area is 216 Å². The Bertz CT molecular complexity index is 1760. The van der Waals surface area contributed by atoms with Crippen LogP contribution >= 0.6 is 0 Å². The fourth-order valence-electron chi connectivity index (χ4n) is 4.26. The summed E-state index contributed by atoms with van der Waals surface area (Å²) in [6.07, 6.45) is 1.32. The summed E-state index contributed by atoms with van der Waals surface area (Å²) in [5.74, 6) is 0.0477. The standard InChI is InChI=1S/C26H25N7O5/c1-4-38-18-12-10-16(11-13-18)20-21(17-8-6-5-7-9-17)33(37)25(29-20)28-19(34)14-32-15-27-23-22(32)24(35)31(3)26(36)30(23)2/h5-13,15,37H,4,14H2,1-3H3,(H,28,29,34). The lowest BCUT2D eigenvalue weighted by Gasteiger charge is -2.08. The molecule has 0 aliphatic rings. The Balaban J connectivity index is 1.51. The van der Waals surface area contributed by atoms with Gasteiger partial charge >= 0.3 is 5.69 Å². The van der Waals surface area contributed by atoms with Crippen molar-refractivity contribution in [2.75, 3.05) is 11.9 Å². The van der Waals surface area contributed by atoms with E-state index < -0.39 is 17.2 Å². The Morgan fingerprint density at radius 1 is 1.00 bits per heavy atom. The van der Waals surface area contributed by atoms with E-state index in [0.29, 0.717) is 34.9 Å². The zero-order valence-electron chi connectivity index (χ0n) is 21.0. The summed E-state index contributed by atoms with van der Waals surface area (Å²) in [6.45, 7) is 2.13. The lowest BCUT2D eigenvalue weighted by Crippen LogP contribution is -2.37. The van der Waals surface area contributed by atoms with Crippen molar-refractivity contribution in [2.24, 2.45) is 14.1 Å². The molecular formula is C26H25N7O5. The average Bonchev–Trinajstić information content (AvgIpc) is 3.48. The number of rotatable bonds is 7. The Morgan fingerprint density at radius 3 is 2.39 bits per heavy atom. The Kier molecular flexibility index (Phi) is 6.29. The van der Waals surface area contributed by atoms with Crippen molar-refractivity contribution >= 4 is 23.0 Å². The van der Waals surface area contributed by atoms with E-state index in [4.69, 9.17) is 4.74 Å². The van der Waals surface area contributed by atoms with E-state index >= 15 is 0 Å². The molecule has 3 heterocycles. The van der Waals surface area contributed by atoms with Crippen molar-refractivity contribution in [1.29, 1.82) is 0 Å². The van der Waals surface area contributed by atoms with Crippen molar-refractivity contribution in [3.63, 3.8) is 0 Å². The molecule has 0 saturated heterocycles. The summed E-state index contributed by atoms with van der Waals surface area (Å²) < 4.78 is 9.89. The molecular weight excluding hydrogens is 490 g/mol. The van der Waals surface area contributed by atoms with Crippen LogP contribution in [0.5, 0.6) is 5.75 Å². The predicted molar refractivity (Wildman–Crippen MR) is 140 cm³/mol. The Morgan fingerprint density at radius 2 is 1.71 bits per heavy atom. The number of carbonyl (C=O) groups is 1. The minimum Gasteiger partial charge on any atom is -0.494 e. The molecule has 1 amide bonds. The van der Waals surface area contributed by atoms with Crippen LogP contribution in [0.3, 0.4) is 0 Å². The number of fused-ring (bicyclic) bond motifs is 1. The molecule has 5 rings (SSSR count). The molecule has 0 bridgehead atoms. The Hall–Kier alpha value is -5.13. The summed E-state index contributed by atoms with van der Waals surface area (Å²) in [6, 6.07) is 16.4. The summed E-state index contributed by atoms with van der Waals surface area (Å²) in [5, 5.41) is 13.7. The molecule has 38 heavy (non-hydrogen) atoms. The van der Waals surface area contributed by atoms with Gasteiger partial charge in [-0.15, -0.1) is 4.73 Å². The molecule has 3 aromatic heterocycles. The first-order valence-corrected chi connectivity index (χ1v) is 11.8. The van der Waals surface area contributed by atoms with Crippen LogP contribution in [0.2, 0.25) is 0 Å². The highest BCUT2D eigenvalue weighted by Crippen LogP contribution is 2.34. The number of nitrogens with zero attached hydrogens (tertiary/aromatic N) is 6. The molecule has 0 spiro atoms. The first-order chi connectivity index (χ1) is 18.3. The largest absolute Gasteiger partial charge is 0.494 e. The number of hydrogen-bond acceptors (Lipinski definition) is 7. The van der Waals surface area contributed by atoms with Crippen LogP contribution in [-0.2, 0) is 25.4 Å². The summed E-state index contributed by atoms with van der Waals surface area (Å²) >= 11 is 0. The van der Waals surface area contributed by atoms with Crippen molar-refractivity contribution in [3.05, 3.63) is 81.8 Å². The number of anilines is 1. The normalized spacial score (nSPS) is 11.1. The van der Waals surface area contributed by atoms with Crippen LogP contribution in [0.25, 0.3) is 33.7 Å². The number of ether oxygens (including phenoxy) is 1. The second kappa shape index (κ2) is 9.73. The first-order valence-electron chi connectivity index (χ1n) is 11.8. The maximum Gasteiger partial charge on any atom is 0.332 e. The van der Waals surface area contributed by atoms with Gasteiger partial charge in [-0.05, 0) is 31.2 Å². The molecule has 0 saturated carbocycles. The van der Waals surface area contributed by atoms with Crippen LogP contribution in [0.15, 0.2) is 70.5 Å². The van der Waals surface area contributed by atoms with E-state index in [-0.39, 0.29) is 23.7 Å². The van der Waals surface area contributed by atoms with E-state index in [9.17, 15) is 19.6 Å². The topological polar surface area (TPSA) is 138 Å². The minimum atomic E-state index is -0.568. The minimum absolute atomic E-state index is 0.0949. The molecule has 0 radical (unpaired) electrons. The van der Waals surface area contributed by atoms with Crippen LogP contribution in [0.1, 0.15) is 6.92 Å². The van der Waals surface area contributed by atoms with Gasteiger partial charge in [-0.2, -0.15) is 0 Å². The number of hydrogen-bond donors (Lipinski definition) is 2. The summed E-state index contributed by atoms with van der Waals surface area (Å²) in [7, 11) is 2.86. The predicted octanol–water partition coefficient (Wildman–Crippen LogP) is 2.24. The van der Waals surface area contributed by atoms with Crippen molar-refractivity contribution in [1.82, 2.24) is 28.4 Å². The smallest absolute Gasteiger partial charge is 0.332 e. The average molecular weight is 516 g/mol. The van der Waals surface area contributed by atoms with E-state index in [1.807, 2.05) is 49.4 Å². The fraction of sp³-hybridized carbons (Fsp3) is 0.192. The maximum absolute atomic E-state index is 13.0. The van der Waals surface area contributed by atoms with E-state index in [1.165, 1.54) is 29.6 Å². The summed E-state index contributed by atoms with van der Waals surface area (Å²) in [5.41, 5.74) is 1.43. The summed E-state index contributed by atoms with van der Waals surface area (Å²) in [4.78, 5) is 46.5. The fourth-order valence-corrected chi connectivity index (χ4v) is 4.26. The van der Waals surface area contributed by atoms with E-state index in [0.717, 1.165) is 9.30 Å². The molecule has 0 fully saturated rings. The van der Waals surface area contributed by atoms with Gasteiger partial charge in [0.15, 0.2) is 11.2 Å². The third-order valence-corrected chi connectivity index (χ3v) is 6.12. The van der Waals surface area contributed by atoms with Crippen LogP contribution in [-0.4, -0.2) is 46.1 Å². The SMILES string of the molecule is CCOc1ccc(-c2nc(NC(=O)Cn3cnc4c3c(=O)n(C)c(=O)n4C)n(O)c2-c2ccccc2)cc1. The van der Waals surface area contributed by atoms with Gasteiger partial charge in [-0.3, -0.25) is 24.0 Å². The number of amides is 1. The molecule has 12 nitrogen and oxygen atoms in total. The van der Waals surface area contributed by atoms with E-state index in [2.05, 4.69) is 15.3 Å². The number of aryl methyl sites for hydroxylation is 1. The highest BCUT2D eigenvalue weighted by Gasteiger charge is 2.22. The molecule has 0 unspecified atom stereocenters. The highest BCUT2D eigenvalue weighted by molar-refractivity contribution is 5.91. The number of aromatic nitrogens is 6. The first kappa shape index (κ1) is 24.6. The quantitative estimate of drug-likeness (QED) is 0.317. The molecule has 2 N–H and O–H groups in total. The molecule has 194 valence electrons. The van der Waals surface area contributed by atoms with Gasteiger partial charge in [0.25, 0.3) is 5.56 Å². The third-order valence-electron chi connectivity index (χ3n) is 6.12. The lowest BCUT2D eigenvalue weighted by atomic mass is 10.1. The van der Waals surface area contributed by atoms with Gasteiger partial charge in [0.05, 0.1) is 12.9 Å². The van der Waals surface area contributed by atoms with Gasteiger partial charge in [-0.25, -0.2) is 14.8 Å². The second-order valence-electron chi connectivity index (χ2n) is 8.57. The second-order valence-corrected chi connectivity index (χ2v) is 8.57. The van der Waals surface area contributed by atoms with Crippen molar-refractivity contribution in [3.8, 4) is 28.3 Å². The van der Waals surface area contributed by atoms with Gasteiger partial charge in [0, 0.05) is 25.2 Å².